The summed E-state index contributed by atoms with van der Waals surface area (Å²) in [5.41, 5.74) is 11.3. The number of nitrogens with two attached hydrogens (primary N) is 1. The topological polar surface area (TPSA) is 107 Å². The number of aromatic nitrogens is 3. The minimum absolute atomic E-state index is 0.0707. The van der Waals surface area contributed by atoms with Crippen molar-refractivity contribution >= 4 is 28.3 Å². The lowest BCUT2D eigenvalue weighted by molar-refractivity contribution is 0.250. The standard InChI is InChI=1S/C27H30N6O2/c1-17(2)31-27(34)32-19-9-7-18(8-10-19)26-25(28)22-12-11-21(35-16-24-29-13-4-14-30-24)15-23(22)33(26)20-5-3-6-20/h4,7-15,17,20H,3,5-6,16,28H2,1-2H3,(H2,31,32,34). The second-order valence-electron chi connectivity index (χ2n) is 9.18. The van der Waals surface area contributed by atoms with Crippen molar-refractivity contribution in [1.29, 1.82) is 0 Å². The lowest BCUT2D eigenvalue weighted by Crippen LogP contribution is -2.34. The molecule has 2 aromatic carbocycles. The SMILES string of the molecule is CC(C)NC(=O)Nc1ccc(-c2c(N)c3ccc(OCc4ncccn4)cc3n2C2CCC2)cc1. The average Bonchev–Trinajstić information content (AvgIpc) is 3.09. The predicted octanol–water partition coefficient (Wildman–Crippen LogP) is 5.51. The molecule has 180 valence electrons. The van der Waals surface area contributed by atoms with E-state index in [4.69, 9.17) is 10.5 Å². The van der Waals surface area contributed by atoms with E-state index >= 15 is 0 Å². The third-order valence-corrected chi connectivity index (χ3v) is 6.28. The summed E-state index contributed by atoms with van der Waals surface area (Å²) in [5, 5.41) is 6.72. The number of amides is 2. The number of nitrogen functional groups attached to an aromatic ring is 1. The Morgan fingerprint density at radius 2 is 1.89 bits per heavy atom. The molecule has 0 aliphatic heterocycles. The molecule has 5 rings (SSSR count). The number of nitrogens with zero attached hydrogens (tertiary/aromatic N) is 3. The van der Waals surface area contributed by atoms with Crippen LogP contribution in [0.1, 0.15) is 45.0 Å². The van der Waals surface area contributed by atoms with Gasteiger partial charge in [-0.1, -0.05) is 12.1 Å². The fourth-order valence-electron chi connectivity index (χ4n) is 4.42. The van der Waals surface area contributed by atoms with Crippen molar-refractivity contribution in [2.45, 2.75) is 51.8 Å². The minimum Gasteiger partial charge on any atom is -0.486 e. The first-order chi connectivity index (χ1) is 17.0. The van der Waals surface area contributed by atoms with E-state index < -0.39 is 0 Å². The van der Waals surface area contributed by atoms with Crippen molar-refractivity contribution in [3.05, 3.63) is 66.7 Å². The first kappa shape index (κ1) is 22.7. The Balaban J connectivity index is 1.47. The maximum atomic E-state index is 12.0. The molecule has 0 spiro atoms. The van der Waals surface area contributed by atoms with E-state index in [0.29, 0.717) is 18.5 Å². The Kier molecular flexibility index (Phi) is 6.27. The summed E-state index contributed by atoms with van der Waals surface area (Å²) in [5.74, 6) is 1.39. The molecule has 35 heavy (non-hydrogen) atoms. The summed E-state index contributed by atoms with van der Waals surface area (Å²) in [4.78, 5) is 20.5. The number of hydrogen-bond acceptors (Lipinski definition) is 5. The molecule has 1 saturated carbocycles. The van der Waals surface area contributed by atoms with Gasteiger partial charge in [0, 0.05) is 47.2 Å². The van der Waals surface area contributed by atoms with Gasteiger partial charge in [0.2, 0.25) is 0 Å². The molecule has 0 radical (unpaired) electrons. The number of carbonyl (C=O) groups excluding carboxylic acids is 1. The number of ether oxygens (including phenoxy) is 1. The van der Waals surface area contributed by atoms with Crippen LogP contribution in [0.3, 0.4) is 0 Å². The number of anilines is 2. The van der Waals surface area contributed by atoms with Gasteiger partial charge in [-0.3, -0.25) is 0 Å². The Labute approximate surface area is 204 Å². The zero-order valence-corrected chi connectivity index (χ0v) is 20.0. The lowest BCUT2D eigenvalue weighted by Gasteiger charge is -2.30. The summed E-state index contributed by atoms with van der Waals surface area (Å²) in [6.45, 7) is 4.16. The molecule has 0 bridgehead atoms. The molecule has 2 amide bonds. The zero-order valence-electron chi connectivity index (χ0n) is 20.0. The van der Waals surface area contributed by atoms with Crippen molar-refractivity contribution in [1.82, 2.24) is 19.9 Å². The highest BCUT2D eigenvalue weighted by Crippen LogP contribution is 2.45. The molecule has 2 heterocycles. The van der Waals surface area contributed by atoms with Gasteiger partial charge in [-0.15, -0.1) is 0 Å². The molecule has 1 aliphatic rings. The van der Waals surface area contributed by atoms with Crippen LogP contribution in [-0.4, -0.2) is 26.6 Å². The van der Waals surface area contributed by atoms with Crippen molar-refractivity contribution in [2.75, 3.05) is 11.1 Å². The van der Waals surface area contributed by atoms with Crippen LogP contribution in [0.5, 0.6) is 5.75 Å². The van der Waals surface area contributed by atoms with Gasteiger partial charge in [0.05, 0.1) is 16.9 Å². The molecule has 0 atom stereocenters. The lowest BCUT2D eigenvalue weighted by atomic mass is 9.92. The van der Waals surface area contributed by atoms with Gasteiger partial charge in [0.25, 0.3) is 0 Å². The van der Waals surface area contributed by atoms with E-state index in [-0.39, 0.29) is 12.1 Å². The highest BCUT2D eigenvalue weighted by atomic mass is 16.5. The number of urea groups is 1. The van der Waals surface area contributed by atoms with Gasteiger partial charge >= 0.3 is 6.03 Å². The number of nitrogens with one attached hydrogen (secondary N) is 2. The summed E-state index contributed by atoms with van der Waals surface area (Å²) < 4.78 is 8.35. The molecule has 1 fully saturated rings. The molecule has 4 N–H and O–H groups in total. The van der Waals surface area contributed by atoms with Gasteiger partial charge in [0.1, 0.15) is 12.4 Å². The average molecular weight is 471 g/mol. The fraction of sp³-hybridized carbons (Fsp3) is 0.296. The predicted molar refractivity (Wildman–Crippen MR) is 138 cm³/mol. The maximum absolute atomic E-state index is 12.0. The van der Waals surface area contributed by atoms with Crippen LogP contribution in [-0.2, 0) is 6.61 Å². The maximum Gasteiger partial charge on any atom is 0.319 e. The van der Waals surface area contributed by atoms with Gasteiger partial charge in [-0.2, -0.15) is 0 Å². The monoisotopic (exact) mass is 470 g/mol. The van der Waals surface area contributed by atoms with Crippen LogP contribution in [0, 0.1) is 0 Å². The zero-order chi connectivity index (χ0) is 24.4. The smallest absolute Gasteiger partial charge is 0.319 e. The van der Waals surface area contributed by atoms with Crippen LogP contribution < -0.4 is 21.1 Å². The van der Waals surface area contributed by atoms with E-state index in [2.05, 4.69) is 31.2 Å². The quantitative estimate of drug-likeness (QED) is 0.330. The Bertz CT molecular complexity index is 1330. The van der Waals surface area contributed by atoms with Crippen LogP contribution in [0.2, 0.25) is 0 Å². The van der Waals surface area contributed by atoms with Gasteiger partial charge in [0.15, 0.2) is 5.82 Å². The third kappa shape index (κ3) is 4.77. The Morgan fingerprint density at radius 1 is 1.14 bits per heavy atom. The van der Waals surface area contributed by atoms with Crippen molar-refractivity contribution < 1.29 is 9.53 Å². The molecule has 1 aliphatic carbocycles. The first-order valence-corrected chi connectivity index (χ1v) is 12.0. The van der Waals surface area contributed by atoms with Crippen LogP contribution in [0.4, 0.5) is 16.2 Å². The second kappa shape index (κ2) is 9.66. The van der Waals surface area contributed by atoms with Crippen molar-refractivity contribution in [3.63, 3.8) is 0 Å². The number of rotatable bonds is 7. The van der Waals surface area contributed by atoms with E-state index in [1.54, 1.807) is 18.5 Å². The Hall–Kier alpha value is -4.07. The highest BCUT2D eigenvalue weighted by molar-refractivity contribution is 6.02. The van der Waals surface area contributed by atoms with Crippen LogP contribution in [0.25, 0.3) is 22.2 Å². The first-order valence-electron chi connectivity index (χ1n) is 12.0. The van der Waals surface area contributed by atoms with Gasteiger partial charge in [-0.25, -0.2) is 14.8 Å². The number of hydrogen-bond donors (Lipinski definition) is 3. The van der Waals surface area contributed by atoms with Crippen LogP contribution >= 0.6 is 0 Å². The number of carbonyl (C=O) groups is 1. The van der Waals surface area contributed by atoms with Crippen LogP contribution in [0.15, 0.2) is 60.9 Å². The summed E-state index contributed by atoms with van der Waals surface area (Å²) in [6.07, 6.45) is 6.86. The second-order valence-corrected chi connectivity index (χ2v) is 9.18. The summed E-state index contributed by atoms with van der Waals surface area (Å²) in [6, 6.07) is 15.9. The number of benzene rings is 2. The minimum atomic E-state index is -0.218. The molecular formula is C27H30N6O2. The molecule has 0 saturated heterocycles. The molecule has 8 nitrogen and oxygen atoms in total. The highest BCUT2D eigenvalue weighted by Gasteiger charge is 2.27. The summed E-state index contributed by atoms with van der Waals surface area (Å²) >= 11 is 0. The fourth-order valence-corrected chi connectivity index (χ4v) is 4.42. The Morgan fingerprint density at radius 3 is 2.54 bits per heavy atom. The van der Waals surface area contributed by atoms with Gasteiger partial charge in [-0.05, 0) is 63.4 Å². The number of fused-ring (bicyclic) bond motifs is 1. The van der Waals surface area contributed by atoms with E-state index in [0.717, 1.165) is 52.1 Å². The molecule has 2 aromatic heterocycles. The van der Waals surface area contributed by atoms with Gasteiger partial charge < -0.3 is 25.7 Å². The van der Waals surface area contributed by atoms with E-state index in [1.165, 1.54) is 6.42 Å². The van der Waals surface area contributed by atoms with E-state index in [1.807, 2.05) is 50.2 Å². The van der Waals surface area contributed by atoms with E-state index in [9.17, 15) is 4.79 Å². The molecule has 4 aromatic rings. The molecular weight excluding hydrogens is 440 g/mol. The normalized spacial score (nSPS) is 13.6. The third-order valence-electron chi connectivity index (χ3n) is 6.28. The van der Waals surface area contributed by atoms with Crippen molar-refractivity contribution in [3.8, 4) is 17.0 Å². The molecule has 0 unspecified atom stereocenters. The largest absolute Gasteiger partial charge is 0.486 e. The molecule has 8 heteroatoms. The summed E-state index contributed by atoms with van der Waals surface area (Å²) in [7, 11) is 0. The van der Waals surface area contributed by atoms with Crippen molar-refractivity contribution in [2.24, 2.45) is 0 Å².